The molecule has 2 aromatic carbocycles. The molecule has 0 aliphatic heterocycles. The van der Waals surface area contributed by atoms with Gasteiger partial charge in [0.1, 0.15) is 0 Å². The molecule has 0 amide bonds. The van der Waals surface area contributed by atoms with Crippen LogP contribution < -0.4 is 0 Å². The van der Waals surface area contributed by atoms with Gasteiger partial charge < -0.3 is 9.84 Å². The molecule has 0 spiro atoms. The van der Waals surface area contributed by atoms with E-state index in [1.807, 2.05) is 0 Å². The maximum absolute atomic E-state index is 12.9. The Morgan fingerprint density at radius 1 is 1.00 bits per heavy atom. The molecule has 0 aliphatic rings. The second kappa shape index (κ2) is 6.54. The molecule has 0 heterocycles. The Balaban J connectivity index is 2.56. The molecule has 0 fully saturated rings. The fraction of sp³-hybridized carbons (Fsp3) is 0.222. The summed E-state index contributed by atoms with van der Waals surface area (Å²) in [5.74, 6) is -2.21. The Hall–Kier alpha value is -2.46. The van der Waals surface area contributed by atoms with Crippen LogP contribution in [0.15, 0.2) is 60.7 Å². The molecule has 0 radical (unpaired) electrons. The minimum atomic E-state index is -1.98. The van der Waals surface area contributed by atoms with Gasteiger partial charge in [0.25, 0.3) is 0 Å². The molecule has 2 rings (SSSR count). The van der Waals surface area contributed by atoms with E-state index in [0.717, 1.165) is 0 Å². The summed E-state index contributed by atoms with van der Waals surface area (Å²) in [4.78, 5) is 24.8. The minimum absolute atomic E-state index is 0.338. The average Bonchev–Trinajstić information content (AvgIpc) is 2.60. The van der Waals surface area contributed by atoms with Crippen LogP contribution in [0.5, 0.6) is 0 Å². The van der Waals surface area contributed by atoms with Crippen LogP contribution in [0.25, 0.3) is 0 Å². The van der Waals surface area contributed by atoms with Crippen molar-refractivity contribution in [3.8, 4) is 0 Å². The van der Waals surface area contributed by atoms with Gasteiger partial charge in [-0.2, -0.15) is 0 Å². The van der Waals surface area contributed by atoms with Crippen LogP contribution in [0.4, 0.5) is 0 Å². The van der Waals surface area contributed by atoms with Crippen LogP contribution in [0.2, 0.25) is 0 Å². The zero-order valence-electron chi connectivity index (χ0n) is 12.5. The van der Waals surface area contributed by atoms with Gasteiger partial charge in [-0.15, -0.1) is 0 Å². The Morgan fingerprint density at radius 3 is 2.00 bits per heavy atom. The number of aliphatic hydroxyl groups is 1. The molecule has 2 unspecified atom stereocenters. The quantitative estimate of drug-likeness (QED) is 0.680. The molecule has 2 atom stereocenters. The lowest BCUT2D eigenvalue weighted by atomic mass is 9.77. The molecule has 22 heavy (non-hydrogen) atoms. The summed E-state index contributed by atoms with van der Waals surface area (Å²) in [6, 6.07) is 16.9. The number of carbonyl (C=O) groups is 2. The van der Waals surface area contributed by atoms with Gasteiger partial charge in [0, 0.05) is 5.56 Å². The molecule has 114 valence electrons. The Kier molecular flexibility index (Phi) is 4.73. The van der Waals surface area contributed by atoms with E-state index in [-0.39, 0.29) is 0 Å². The average molecular weight is 298 g/mol. The van der Waals surface area contributed by atoms with Crippen LogP contribution in [0.3, 0.4) is 0 Å². The number of rotatable bonds is 5. The summed E-state index contributed by atoms with van der Waals surface area (Å²) in [6.07, 6.45) is 0. The van der Waals surface area contributed by atoms with E-state index in [1.54, 1.807) is 60.7 Å². The van der Waals surface area contributed by atoms with Crippen molar-refractivity contribution in [3.63, 3.8) is 0 Å². The third-order valence-corrected chi connectivity index (χ3v) is 3.78. The highest BCUT2D eigenvalue weighted by Crippen LogP contribution is 2.34. The van der Waals surface area contributed by atoms with Crippen LogP contribution in [0.1, 0.15) is 22.8 Å². The number of carbonyl (C=O) groups excluding carboxylic acids is 2. The summed E-state index contributed by atoms with van der Waals surface area (Å²) in [7, 11) is 1.23. The van der Waals surface area contributed by atoms with Crippen molar-refractivity contribution < 1.29 is 19.4 Å². The van der Waals surface area contributed by atoms with Crippen molar-refractivity contribution >= 4 is 11.8 Å². The van der Waals surface area contributed by atoms with Gasteiger partial charge in [0.15, 0.2) is 11.4 Å². The maximum Gasteiger partial charge on any atom is 0.312 e. The summed E-state index contributed by atoms with van der Waals surface area (Å²) in [5.41, 5.74) is -1.28. The molecular formula is C18H18O4. The van der Waals surface area contributed by atoms with E-state index < -0.39 is 23.3 Å². The zero-order chi connectivity index (χ0) is 16.2. The summed E-state index contributed by atoms with van der Waals surface area (Å²) >= 11 is 0. The highest BCUT2D eigenvalue weighted by atomic mass is 16.5. The fourth-order valence-electron chi connectivity index (χ4n) is 2.43. The van der Waals surface area contributed by atoms with Crippen molar-refractivity contribution in [2.45, 2.75) is 12.5 Å². The standard InChI is InChI=1S/C18H18O4/c1-13(17(20)22-2)18(21,15-11-7-4-8-12-15)16(19)14-9-5-3-6-10-14/h3-13,21H,1-2H3. The van der Waals surface area contributed by atoms with E-state index in [9.17, 15) is 14.7 Å². The third kappa shape index (κ3) is 2.78. The second-order valence-electron chi connectivity index (χ2n) is 5.07. The molecule has 0 saturated heterocycles. The molecule has 0 aromatic heterocycles. The van der Waals surface area contributed by atoms with Crippen LogP contribution in [0, 0.1) is 5.92 Å². The number of ketones is 1. The highest BCUT2D eigenvalue weighted by Gasteiger charge is 2.47. The van der Waals surface area contributed by atoms with Gasteiger partial charge in [-0.05, 0) is 12.5 Å². The van der Waals surface area contributed by atoms with Crippen molar-refractivity contribution in [2.24, 2.45) is 5.92 Å². The van der Waals surface area contributed by atoms with Gasteiger partial charge in [0.2, 0.25) is 0 Å². The minimum Gasteiger partial charge on any atom is -0.469 e. The highest BCUT2D eigenvalue weighted by molar-refractivity contribution is 6.05. The Labute approximate surface area is 129 Å². The lowest BCUT2D eigenvalue weighted by molar-refractivity contribution is -0.152. The Bertz CT molecular complexity index is 651. The SMILES string of the molecule is COC(=O)C(C)C(O)(C(=O)c1ccccc1)c1ccccc1. The first-order valence-corrected chi connectivity index (χ1v) is 6.97. The first-order valence-electron chi connectivity index (χ1n) is 6.97. The molecule has 1 N–H and O–H groups in total. The first-order chi connectivity index (χ1) is 10.5. The van der Waals surface area contributed by atoms with E-state index in [2.05, 4.69) is 0 Å². The largest absolute Gasteiger partial charge is 0.469 e. The topological polar surface area (TPSA) is 63.6 Å². The normalized spacial score (nSPS) is 14.7. The summed E-state index contributed by atoms with van der Waals surface area (Å²) in [6.45, 7) is 1.49. The number of ether oxygens (including phenoxy) is 1. The number of methoxy groups -OCH3 is 1. The van der Waals surface area contributed by atoms with Crippen LogP contribution in [-0.2, 0) is 15.1 Å². The predicted octanol–water partition coefficient (Wildman–Crippen LogP) is 2.57. The first kappa shape index (κ1) is 15.9. The lowest BCUT2D eigenvalue weighted by Crippen LogP contribution is -2.45. The van der Waals surface area contributed by atoms with Crippen LogP contribution >= 0.6 is 0 Å². The van der Waals surface area contributed by atoms with Gasteiger partial charge in [-0.3, -0.25) is 9.59 Å². The third-order valence-electron chi connectivity index (χ3n) is 3.78. The summed E-state index contributed by atoms with van der Waals surface area (Å²) in [5, 5.41) is 11.1. The maximum atomic E-state index is 12.9. The molecule has 0 bridgehead atoms. The van der Waals surface area contributed by atoms with Gasteiger partial charge in [-0.25, -0.2) is 0 Å². The zero-order valence-corrected chi connectivity index (χ0v) is 12.5. The molecule has 0 aliphatic carbocycles. The van der Waals surface area contributed by atoms with Gasteiger partial charge in [0.05, 0.1) is 13.0 Å². The lowest BCUT2D eigenvalue weighted by Gasteiger charge is -2.31. The number of esters is 1. The number of hydrogen-bond acceptors (Lipinski definition) is 4. The van der Waals surface area contributed by atoms with Gasteiger partial charge in [-0.1, -0.05) is 60.7 Å². The smallest absolute Gasteiger partial charge is 0.312 e. The second-order valence-corrected chi connectivity index (χ2v) is 5.07. The van der Waals surface area contributed by atoms with E-state index in [1.165, 1.54) is 14.0 Å². The van der Waals surface area contributed by atoms with E-state index in [0.29, 0.717) is 11.1 Å². The molecular weight excluding hydrogens is 280 g/mol. The van der Waals surface area contributed by atoms with Gasteiger partial charge >= 0.3 is 5.97 Å². The molecule has 2 aromatic rings. The van der Waals surface area contributed by atoms with E-state index in [4.69, 9.17) is 4.74 Å². The Morgan fingerprint density at radius 2 is 1.50 bits per heavy atom. The number of hydrogen-bond donors (Lipinski definition) is 1. The van der Waals surface area contributed by atoms with Crippen molar-refractivity contribution in [1.82, 2.24) is 0 Å². The molecule has 4 heteroatoms. The number of benzene rings is 2. The van der Waals surface area contributed by atoms with Crippen molar-refractivity contribution in [1.29, 1.82) is 0 Å². The van der Waals surface area contributed by atoms with Crippen LogP contribution in [-0.4, -0.2) is 24.0 Å². The fourth-order valence-corrected chi connectivity index (χ4v) is 2.43. The van der Waals surface area contributed by atoms with E-state index >= 15 is 0 Å². The predicted molar refractivity (Wildman–Crippen MR) is 82.3 cm³/mol. The molecule has 4 nitrogen and oxygen atoms in total. The van der Waals surface area contributed by atoms with Crippen molar-refractivity contribution in [2.75, 3.05) is 7.11 Å². The monoisotopic (exact) mass is 298 g/mol. The number of Topliss-reactive ketones (excluding diaryl/α,β-unsaturated/α-hetero) is 1. The summed E-state index contributed by atoms with van der Waals surface area (Å²) < 4.78 is 4.71. The molecule has 0 saturated carbocycles. The van der Waals surface area contributed by atoms with Crippen molar-refractivity contribution in [3.05, 3.63) is 71.8 Å².